The van der Waals surface area contributed by atoms with Crippen LogP contribution in [0.4, 0.5) is 5.69 Å². The first-order chi connectivity index (χ1) is 12.4. The zero-order valence-electron chi connectivity index (χ0n) is 14.5. The van der Waals surface area contributed by atoms with Gasteiger partial charge in [-0.1, -0.05) is 34.1 Å². The average Bonchev–Trinajstić information content (AvgIpc) is 2.96. The van der Waals surface area contributed by atoms with Crippen molar-refractivity contribution in [1.29, 1.82) is 0 Å². The first kappa shape index (κ1) is 18.5. The zero-order chi connectivity index (χ0) is 18.8. The molecule has 0 radical (unpaired) electrons. The molecule has 0 amide bonds. The molecule has 1 fully saturated rings. The third-order valence-electron chi connectivity index (χ3n) is 4.66. The van der Waals surface area contributed by atoms with Crippen LogP contribution >= 0.6 is 15.9 Å². The van der Waals surface area contributed by atoms with Crippen LogP contribution in [0.2, 0.25) is 0 Å². The topological polar surface area (TPSA) is 72.7 Å². The predicted molar refractivity (Wildman–Crippen MR) is 102 cm³/mol. The lowest BCUT2D eigenvalue weighted by atomic mass is 9.83. The van der Waals surface area contributed by atoms with E-state index in [-0.39, 0.29) is 17.5 Å². The minimum absolute atomic E-state index is 0.00340. The average molecular weight is 419 g/mol. The lowest BCUT2D eigenvalue weighted by Gasteiger charge is -2.22. The van der Waals surface area contributed by atoms with Gasteiger partial charge in [-0.05, 0) is 24.7 Å². The number of ether oxygens (including phenoxy) is 1. The number of benzene rings is 2. The standard InChI is InChI=1S/C19H19BrN2O4/c1-12(23)26-19-8-7-13(22(24)25)9-15(19)17-11-21(2)10-16(17)14-5-3-4-6-18(14)20/h3-9,16-17H,10-11H2,1-2H3/t16-,17-/m1/s1. The summed E-state index contributed by atoms with van der Waals surface area (Å²) < 4.78 is 6.35. The van der Waals surface area contributed by atoms with E-state index in [0.717, 1.165) is 23.1 Å². The molecule has 0 aromatic heterocycles. The highest BCUT2D eigenvalue weighted by Crippen LogP contribution is 2.45. The summed E-state index contributed by atoms with van der Waals surface area (Å²) in [4.78, 5) is 24.5. The molecular formula is C19H19BrN2O4. The number of hydrogen-bond acceptors (Lipinski definition) is 5. The Labute approximate surface area is 160 Å². The molecule has 1 saturated heterocycles. The third-order valence-corrected chi connectivity index (χ3v) is 5.39. The van der Waals surface area contributed by atoms with Crippen molar-refractivity contribution in [3.63, 3.8) is 0 Å². The van der Waals surface area contributed by atoms with Gasteiger partial charge in [-0.2, -0.15) is 0 Å². The van der Waals surface area contributed by atoms with Gasteiger partial charge < -0.3 is 9.64 Å². The summed E-state index contributed by atoms with van der Waals surface area (Å²) in [6.07, 6.45) is 0. The first-order valence-corrected chi connectivity index (χ1v) is 9.06. The van der Waals surface area contributed by atoms with Crippen LogP contribution in [0.5, 0.6) is 5.75 Å². The van der Waals surface area contributed by atoms with E-state index in [1.165, 1.54) is 25.1 Å². The molecule has 6 nitrogen and oxygen atoms in total. The normalized spacial score (nSPS) is 20.1. The molecule has 0 aliphatic carbocycles. The first-order valence-electron chi connectivity index (χ1n) is 8.26. The van der Waals surface area contributed by atoms with Gasteiger partial charge >= 0.3 is 5.97 Å². The minimum atomic E-state index is -0.441. The highest BCUT2D eigenvalue weighted by atomic mass is 79.9. The van der Waals surface area contributed by atoms with Crippen LogP contribution in [0.15, 0.2) is 46.9 Å². The van der Waals surface area contributed by atoms with Crippen molar-refractivity contribution >= 4 is 27.6 Å². The van der Waals surface area contributed by atoms with Gasteiger partial charge in [0.2, 0.25) is 0 Å². The number of nitrogens with zero attached hydrogens (tertiary/aromatic N) is 2. The molecular weight excluding hydrogens is 400 g/mol. The number of nitro groups is 1. The van der Waals surface area contributed by atoms with Crippen molar-refractivity contribution in [3.05, 3.63) is 68.2 Å². The van der Waals surface area contributed by atoms with E-state index in [2.05, 4.69) is 26.9 Å². The SMILES string of the molecule is CC(=O)Oc1ccc([N+](=O)[O-])cc1[C@H]1CN(C)C[C@@H]1c1ccccc1Br. The summed E-state index contributed by atoms with van der Waals surface area (Å²) >= 11 is 3.61. The molecule has 136 valence electrons. The van der Waals surface area contributed by atoms with E-state index in [1.54, 1.807) is 0 Å². The Balaban J connectivity index is 2.09. The Hall–Kier alpha value is -2.25. The number of halogens is 1. The van der Waals surface area contributed by atoms with Gasteiger partial charge in [0, 0.05) is 54.0 Å². The van der Waals surface area contributed by atoms with Gasteiger partial charge in [-0.25, -0.2) is 0 Å². The fraction of sp³-hybridized carbons (Fsp3) is 0.316. The zero-order valence-corrected chi connectivity index (χ0v) is 16.1. The van der Waals surface area contributed by atoms with E-state index in [1.807, 2.05) is 25.2 Å². The Kier molecular flexibility index (Phi) is 5.38. The lowest BCUT2D eigenvalue weighted by molar-refractivity contribution is -0.385. The van der Waals surface area contributed by atoms with Crippen LogP contribution in [0, 0.1) is 10.1 Å². The second-order valence-electron chi connectivity index (χ2n) is 6.53. The van der Waals surface area contributed by atoms with Crippen LogP contribution in [-0.2, 0) is 4.79 Å². The molecule has 0 bridgehead atoms. The maximum Gasteiger partial charge on any atom is 0.308 e. The molecule has 0 spiro atoms. The van der Waals surface area contributed by atoms with Crippen molar-refractivity contribution < 1.29 is 14.5 Å². The molecule has 2 aromatic rings. The second-order valence-corrected chi connectivity index (χ2v) is 7.38. The molecule has 0 unspecified atom stereocenters. The number of esters is 1. The van der Waals surface area contributed by atoms with Crippen molar-refractivity contribution in [1.82, 2.24) is 4.90 Å². The fourth-order valence-corrected chi connectivity index (χ4v) is 4.17. The van der Waals surface area contributed by atoms with E-state index >= 15 is 0 Å². The Morgan fingerprint density at radius 3 is 2.46 bits per heavy atom. The number of carbonyl (C=O) groups excluding carboxylic acids is 1. The van der Waals surface area contributed by atoms with Crippen LogP contribution in [0.3, 0.4) is 0 Å². The molecule has 26 heavy (non-hydrogen) atoms. The summed E-state index contributed by atoms with van der Waals surface area (Å²) in [5, 5.41) is 11.3. The number of likely N-dealkylation sites (N-methyl/N-ethyl adjacent to an activating group) is 1. The van der Waals surface area contributed by atoms with Crippen molar-refractivity contribution in [2.24, 2.45) is 0 Å². The Bertz CT molecular complexity index is 855. The van der Waals surface area contributed by atoms with Crippen molar-refractivity contribution in [3.8, 4) is 5.75 Å². The van der Waals surface area contributed by atoms with E-state index < -0.39 is 10.9 Å². The molecule has 0 saturated carbocycles. The van der Waals surface area contributed by atoms with Crippen LogP contribution in [0.25, 0.3) is 0 Å². The molecule has 0 N–H and O–H groups in total. The number of hydrogen-bond donors (Lipinski definition) is 0. The summed E-state index contributed by atoms with van der Waals surface area (Å²) in [5.41, 5.74) is 1.83. The van der Waals surface area contributed by atoms with Crippen LogP contribution in [0.1, 0.15) is 29.9 Å². The number of likely N-dealkylation sites (tertiary alicyclic amines) is 1. The number of rotatable bonds is 4. The molecule has 1 heterocycles. The number of non-ortho nitro benzene ring substituents is 1. The summed E-state index contributed by atoms with van der Waals surface area (Å²) in [5.74, 6) is 0.0594. The van der Waals surface area contributed by atoms with Crippen LogP contribution < -0.4 is 4.74 Å². The minimum Gasteiger partial charge on any atom is -0.426 e. The molecule has 1 aliphatic rings. The maximum absolute atomic E-state index is 11.5. The summed E-state index contributed by atoms with van der Waals surface area (Å²) in [6, 6.07) is 12.4. The highest BCUT2D eigenvalue weighted by Gasteiger charge is 2.36. The van der Waals surface area contributed by atoms with E-state index in [9.17, 15) is 14.9 Å². The smallest absolute Gasteiger partial charge is 0.308 e. The van der Waals surface area contributed by atoms with Crippen LogP contribution in [-0.4, -0.2) is 35.9 Å². The maximum atomic E-state index is 11.5. The Morgan fingerprint density at radius 2 is 1.85 bits per heavy atom. The highest BCUT2D eigenvalue weighted by molar-refractivity contribution is 9.10. The number of carbonyl (C=O) groups is 1. The van der Waals surface area contributed by atoms with Crippen molar-refractivity contribution in [2.45, 2.75) is 18.8 Å². The third kappa shape index (κ3) is 3.78. The van der Waals surface area contributed by atoms with E-state index in [4.69, 9.17) is 4.74 Å². The fourth-order valence-electron chi connectivity index (χ4n) is 3.59. The lowest BCUT2D eigenvalue weighted by Crippen LogP contribution is -2.14. The quantitative estimate of drug-likeness (QED) is 0.323. The Morgan fingerprint density at radius 1 is 1.19 bits per heavy atom. The monoisotopic (exact) mass is 418 g/mol. The van der Waals surface area contributed by atoms with Gasteiger partial charge in [0.15, 0.2) is 0 Å². The molecule has 1 aliphatic heterocycles. The summed E-state index contributed by atoms with van der Waals surface area (Å²) in [7, 11) is 2.02. The largest absolute Gasteiger partial charge is 0.426 e. The molecule has 7 heteroatoms. The van der Waals surface area contributed by atoms with Gasteiger partial charge in [-0.3, -0.25) is 14.9 Å². The number of nitro benzene ring substituents is 1. The van der Waals surface area contributed by atoms with Crippen molar-refractivity contribution in [2.75, 3.05) is 20.1 Å². The molecule has 2 atom stereocenters. The second kappa shape index (κ2) is 7.55. The molecule has 3 rings (SSSR count). The van der Waals surface area contributed by atoms with Gasteiger partial charge in [0.1, 0.15) is 5.75 Å². The van der Waals surface area contributed by atoms with Gasteiger partial charge in [0.05, 0.1) is 4.92 Å². The predicted octanol–water partition coefficient (Wildman–Crippen LogP) is 4.10. The molecule has 2 aromatic carbocycles. The summed E-state index contributed by atoms with van der Waals surface area (Å²) in [6.45, 7) is 2.87. The van der Waals surface area contributed by atoms with Gasteiger partial charge in [0.25, 0.3) is 5.69 Å². The van der Waals surface area contributed by atoms with Gasteiger partial charge in [-0.15, -0.1) is 0 Å². The van der Waals surface area contributed by atoms with E-state index in [0.29, 0.717) is 11.3 Å².